The number of benzene rings is 3. The van der Waals surface area contributed by atoms with Gasteiger partial charge in [-0.3, -0.25) is 19.3 Å². The fourth-order valence-corrected chi connectivity index (χ4v) is 4.48. The van der Waals surface area contributed by atoms with Crippen molar-refractivity contribution in [2.24, 2.45) is 0 Å². The molecule has 1 aliphatic heterocycles. The number of rotatable bonds is 8. The first-order valence-corrected chi connectivity index (χ1v) is 12.1. The standard InChI is InChI=1S/C28H23N3O5S/c1-18-10-12-22(13-11-18)30-25(32)17-36-26-19(8-5-9-23(26)35-2)14-24-27(33)31(28(34)37-24)16-21-7-4-3-6-20(21)15-29/h3-14H,16-17H2,1-2H3,(H,30,32)/b24-14+. The molecule has 1 fully saturated rings. The van der Waals surface area contributed by atoms with Crippen LogP contribution in [0.4, 0.5) is 10.5 Å². The number of aryl methyl sites for hydroxylation is 1. The van der Waals surface area contributed by atoms with Crippen LogP contribution in [0.5, 0.6) is 11.5 Å². The van der Waals surface area contributed by atoms with E-state index >= 15 is 0 Å². The summed E-state index contributed by atoms with van der Waals surface area (Å²) in [6.07, 6.45) is 1.54. The molecule has 1 heterocycles. The minimum atomic E-state index is -0.478. The van der Waals surface area contributed by atoms with Gasteiger partial charge in [0.2, 0.25) is 0 Å². The average molecular weight is 514 g/mol. The Bertz CT molecular complexity index is 1430. The predicted molar refractivity (Wildman–Crippen MR) is 141 cm³/mol. The Balaban J connectivity index is 1.53. The molecule has 1 saturated heterocycles. The summed E-state index contributed by atoms with van der Waals surface area (Å²) in [7, 11) is 1.47. The quantitative estimate of drug-likeness (QED) is 0.416. The van der Waals surface area contributed by atoms with E-state index in [-0.39, 0.29) is 29.7 Å². The molecule has 3 aromatic rings. The Morgan fingerprint density at radius 2 is 1.84 bits per heavy atom. The molecule has 3 aromatic carbocycles. The Kier molecular flexibility index (Phi) is 7.91. The maximum atomic E-state index is 13.1. The highest BCUT2D eigenvalue weighted by atomic mass is 32.2. The molecular weight excluding hydrogens is 490 g/mol. The van der Waals surface area contributed by atoms with Crippen LogP contribution in [0.25, 0.3) is 6.08 Å². The van der Waals surface area contributed by atoms with Crippen LogP contribution >= 0.6 is 11.8 Å². The van der Waals surface area contributed by atoms with Crippen molar-refractivity contribution in [3.8, 4) is 17.6 Å². The monoisotopic (exact) mass is 513 g/mol. The molecular formula is C28H23N3O5S. The Labute approximate surface area is 218 Å². The van der Waals surface area contributed by atoms with Crippen molar-refractivity contribution in [3.63, 3.8) is 0 Å². The highest BCUT2D eigenvalue weighted by Crippen LogP contribution is 2.38. The third kappa shape index (κ3) is 6.00. The molecule has 4 rings (SSSR count). The first-order valence-electron chi connectivity index (χ1n) is 11.3. The fourth-order valence-electron chi connectivity index (χ4n) is 3.65. The van der Waals surface area contributed by atoms with E-state index in [2.05, 4.69) is 11.4 Å². The van der Waals surface area contributed by atoms with Crippen LogP contribution in [0, 0.1) is 18.3 Å². The summed E-state index contributed by atoms with van der Waals surface area (Å²) in [6, 6.07) is 21.4. The van der Waals surface area contributed by atoms with Crippen molar-refractivity contribution < 1.29 is 23.9 Å². The van der Waals surface area contributed by atoms with Gasteiger partial charge in [-0.15, -0.1) is 0 Å². The highest BCUT2D eigenvalue weighted by Gasteiger charge is 2.35. The number of hydrogen-bond acceptors (Lipinski definition) is 7. The largest absolute Gasteiger partial charge is 0.493 e. The zero-order valence-corrected chi connectivity index (χ0v) is 21.0. The van der Waals surface area contributed by atoms with Gasteiger partial charge in [0, 0.05) is 11.3 Å². The number of nitrogens with zero attached hydrogens (tertiary/aromatic N) is 2. The number of amides is 3. The van der Waals surface area contributed by atoms with Crippen molar-refractivity contribution in [2.75, 3.05) is 19.0 Å². The van der Waals surface area contributed by atoms with Crippen LogP contribution < -0.4 is 14.8 Å². The zero-order valence-electron chi connectivity index (χ0n) is 20.2. The van der Waals surface area contributed by atoms with Crippen molar-refractivity contribution in [1.29, 1.82) is 5.26 Å². The van der Waals surface area contributed by atoms with Gasteiger partial charge in [0.1, 0.15) is 0 Å². The van der Waals surface area contributed by atoms with Gasteiger partial charge in [0.25, 0.3) is 17.1 Å². The summed E-state index contributed by atoms with van der Waals surface area (Å²) in [5.74, 6) is -0.199. The van der Waals surface area contributed by atoms with Crippen molar-refractivity contribution in [3.05, 3.63) is 93.9 Å². The van der Waals surface area contributed by atoms with Gasteiger partial charge in [0.05, 0.1) is 30.2 Å². The number of thioether (sulfide) groups is 1. The maximum Gasteiger partial charge on any atom is 0.293 e. The summed E-state index contributed by atoms with van der Waals surface area (Å²) in [5, 5.41) is 11.7. The van der Waals surface area contributed by atoms with Crippen LogP contribution in [0.15, 0.2) is 71.6 Å². The number of carbonyl (C=O) groups is 3. The van der Waals surface area contributed by atoms with Gasteiger partial charge in [-0.25, -0.2) is 0 Å². The number of imide groups is 1. The topological polar surface area (TPSA) is 109 Å². The highest BCUT2D eigenvalue weighted by molar-refractivity contribution is 8.18. The lowest BCUT2D eigenvalue weighted by molar-refractivity contribution is -0.123. The lowest BCUT2D eigenvalue weighted by Gasteiger charge is -2.14. The number of nitrogens with one attached hydrogen (secondary N) is 1. The van der Waals surface area contributed by atoms with E-state index in [1.807, 2.05) is 19.1 Å². The molecule has 0 bridgehead atoms. The molecule has 0 saturated carbocycles. The van der Waals surface area contributed by atoms with E-state index in [1.54, 1.807) is 54.6 Å². The normalized spacial score (nSPS) is 14.0. The van der Waals surface area contributed by atoms with E-state index in [0.717, 1.165) is 22.2 Å². The Morgan fingerprint density at radius 1 is 1.08 bits per heavy atom. The second-order valence-corrected chi connectivity index (χ2v) is 9.11. The zero-order chi connectivity index (χ0) is 26.4. The minimum absolute atomic E-state index is 0.00755. The Morgan fingerprint density at radius 3 is 2.57 bits per heavy atom. The summed E-state index contributed by atoms with van der Waals surface area (Å²) < 4.78 is 11.2. The molecule has 1 N–H and O–H groups in total. The molecule has 37 heavy (non-hydrogen) atoms. The average Bonchev–Trinajstić information content (AvgIpc) is 3.16. The van der Waals surface area contributed by atoms with Crippen LogP contribution in [0.3, 0.4) is 0 Å². The summed E-state index contributed by atoms with van der Waals surface area (Å²) in [6.45, 7) is 1.66. The number of ether oxygens (including phenoxy) is 2. The second-order valence-electron chi connectivity index (χ2n) is 8.12. The van der Waals surface area contributed by atoms with Crippen LogP contribution in [0.2, 0.25) is 0 Å². The number of carbonyl (C=O) groups excluding carboxylic acids is 3. The number of nitriles is 1. The molecule has 0 unspecified atom stereocenters. The van der Waals surface area contributed by atoms with Crippen molar-refractivity contribution in [1.82, 2.24) is 4.90 Å². The number of para-hydroxylation sites is 1. The maximum absolute atomic E-state index is 13.1. The molecule has 8 nitrogen and oxygen atoms in total. The number of methoxy groups -OCH3 is 1. The number of hydrogen-bond donors (Lipinski definition) is 1. The molecule has 0 spiro atoms. The number of anilines is 1. The molecule has 1 aliphatic rings. The van der Waals surface area contributed by atoms with Crippen LogP contribution in [0.1, 0.15) is 22.3 Å². The van der Waals surface area contributed by atoms with Crippen LogP contribution in [-0.4, -0.2) is 35.7 Å². The SMILES string of the molecule is COc1cccc(/C=C2/SC(=O)N(Cc3ccccc3C#N)C2=O)c1OCC(=O)Nc1ccc(C)cc1. The van der Waals surface area contributed by atoms with E-state index in [4.69, 9.17) is 9.47 Å². The molecule has 0 radical (unpaired) electrons. The van der Waals surface area contributed by atoms with Crippen LogP contribution in [-0.2, 0) is 16.1 Å². The molecule has 0 atom stereocenters. The van der Waals surface area contributed by atoms with E-state index < -0.39 is 11.1 Å². The third-order valence-electron chi connectivity index (χ3n) is 5.54. The van der Waals surface area contributed by atoms with Gasteiger partial charge in [-0.05, 0) is 54.6 Å². The second kappa shape index (κ2) is 11.5. The van der Waals surface area contributed by atoms with Gasteiger partial charge in [-0.2, -0.15) is 5.26 Å². The van der Waals surface area contributed by atoms with E-state index in [1.165, 1.54) is 13.2 Å². The van der Waals surface area contributed by atoms with Gasteiger partial charge >= 0.3 is 0 Å². The molecule has 3 amide bonds. The first-order chi connectivity index (χ1) is 17.9. The van der Waals surface area contributed by atoms with Gasteiger partial charge < -0.3 is 14.8 Å². The lowest BCUT2D eigenvalue weighted by Crippen LogP contribution is -2.27. The summed E-state index contributed by atoms with van der Waals surface area (Å²) in [5.41, 5.74) is 3.18. The molecule has 0 aliphatic carbocycles. The fraction of sp³-hybridized carbons (Fsp3) is 0.143. The van der Waals surface area contributed by atoms with E-state index in [0.29, 0.717) is 28.1 Å². The van der Waals surface area contributed by atoms with Crippen molar-refractivity contribution >= 4 is 40.6 Å². The minimum Gasteiger partial charge on any atom is -0.493 e. The Hall–Kier alpha value is -4.55. The van der Waals surface area contributed by atoms with E-state index in [9.17, 15) is 19.6 Å². The molecule has 0 aromatic heterocycles. The molecule has 9 heteroatoms. The molecule has 186 valence electrons. The first kappa shape index (κ1) is 25.5. The predicted octanol–water partition coefficient (Wildman–Crippen LogP) is 5.13. The van der Waals surface area contributed by atoms with Crippen molar-refractivity contribution in [2.45, 2.75) is 13.5 Å². The summed E-state index contributed by atoms with van der Waals surface area (Å²) >= 11 is 0.799. The van der Waals surface area contributed by atoms with Gasteiger partial charge in [0.15, 0.2) is 18.1 Å². The third-order valence-corrected chi connectivity index (χ3v) is 6.45. The smallest absolute Gasteiger partial charge is 0.293 e. The summed E-state index contributed by atoms with van der Waals surface area (Å²) in [4.78, 5) is 39.5. The lowest BCUT2D eigenvalue weighted by atomic mass is 10.1. The van der Waals surface area contributed by atoms with Gasteiger partial charge in [-0.1, -0.05) is 48.0 Å².